The maximum absolute atomic E-state index is 11.5. The minimum Gasteiger partial charge on any atom is -0.467 e. The minimum absolute atomic E-state index is 0.0572. The zero-order valence-corrected chi connectivity index (χ0v) is 10.8. The number of likely N-dealkylation sites (N-methyl/N-ethyl adjacent to an activating group) is 1. The summed E-state index contributed by atoms with van der Waals surface area (Å²) in [4.78, 5) is 24.2. The summed E-state index contributed by atoms with van der Waals surface area (Å²) in [5, 5.41) is 12.4. The lowest BCUT2D eigenvalue weighted by Crippen LogP contribution is -2.29. The predicted octanol–water partition coefficient (Wildman–Crippen LogP) is 0.151. The van der Waals surface area contributed by atoms with Crippen molar-refractivity contribution in [1.82, 2.24) is 0 Å². The Morgan fingerprint density at radius 3 is 3.00 bits per heavy atom. The summed E-state index contributed by atoms with van der Waals surface area (Å²) in [5.41, 5.74) is 2.58. The van der Waals surface area contributed by atoms with Crippen molar-refractivity contribution in [2.24, 2.45) is 0 Å². The summed E-state index contributed by atoms with van der Waals surface area (Å²) in [6.07, 6.45) is -0.830. The molecule has 1 atom stereocenters. The largest absolute Gasteiger partial charge is 0.467 e. The van der Waals surface area contributed by atoms with Gasteiger partial charge in [-0.3, -0.25) is 4.79 Å². The Hall–Kier alpha value is -2.08. The molecule has 2 N–H and O–H groups in total. The van der Waals surface area contributed by atoms with E-state index in [-0.39, 0.29) is 12.5 Å². The molecular weight excluding hydrogens is 248 g/mol. The van der Waals surface area contributed by atoms with Crippen LogP contribution in [0.15, 0.2) is 18.2 Å². The summed E-state index contributed by atoms with van der Waals surface area (Å²) >= 11 is 0. The molecule has 1 unspecified atom stereocenters. The van der Waals surface area contributed by atoms with Crippen LogP contribution in [0.5, 0.6) is 0 Å². The Morgan fingerprint density at radius 1 is 1.58 bits per heavy atom. The van der Waals surface area contributed by atoms with E-state index in [0.29, 0.717) is 6.42 Å². The van der Waals surface area contributed by atoms with Crippen molar-refractivity contribution in [3.63, 3.8) is 0 Å². The Morgan fingerprint density at radius 2 is 2.32 bits per heavy atom. The number of nitrogens with zero attached hydrogens (tertiary/aromatic N) is 1. The number of rotatable bonds is 4. The number of esters is 1. The third-order valence-electron chi connectivity index (χ3n) is 3.13. The lowest BCUT2D eigenvalue weighted by Gasteiger charge is -2.13. The molecule has 1 amide bonds. The Labute approximate surface area is 111 Å². The first-order valence-corrected chi connectivity index (χ1v) is 5.92. The first-order chi connectivity index (χ1) is 9.02. The number of fused-ring (bicyclic) bond motifs is 1. The monoisotopic (exact) mass is 264 g/mol. The summed E-state index contributed by atoms with van der Waals surface area (Å²) in [7, 11) is 2.96. The van der Waals surface area contributed by atoms with E-state index in [0.717, 1.165) is 16.9 Å². The van der Waals surface area contributed by atoms with Crippen LogP contribution in [0.4, 0.5) is 11.4 Å². The Kier molecular flexibility index (Phi) is 3.71. The first-order valence-electron chi connectivity index (χ1n) is 5.92. The van der Waals surface area contributed by atoms with Gasteiger partial charge in [0.2, 0.25) is 5.91 Å². The number of benzene rings is 1. The molecular formula is C13H16N2O4. The molecule has 0 aromatic heterocycles. The summed E-state index contributed by atoms with van der Waals surface area (Å²) in [5.74, 6) is -0.620. The van der Waals surface area contributed by atoms with Crippen LogP contribution in [-0.4, -0.2) is 43.8 Å². The van der Waals surface area contributed by atoms with Gasteiger partial charge in [-0.15, -0.1) is 0 Å². The lowest BCUT2D eigenvalue weighted by molar-refractivity contribution is -0.149. The number of methoxy groups -OCH3 is 1. The first kappa shape index (κ1) is 13.4. The molecule has 0 saturated carbocycles. The molecule has 0 saturated heterocycles. The number of nitrogens with one attached hydrogen (secondary N) is 1. The van der Waals surface area contributed by atoms with E-state index in [9.17, 15) is 14.7 Å². The van der Waals surface area contributed by atoms with Gasteiger partial charge in [0.05, 0.1) is 20.1 Å². The highest BCUT2D eigenvalue weighted by Crippen LogP contribution is 2.29. The molecule has 1 aliphatic heterocycles. The van der Waals surface area contributed by atoms with Gasteiger partial charge in [0.1, 0.15) is 0 Å². The average molecular weight is 264 g/mol. The summed E-state index contributed by atoms with van der Waals surface area (Å²) in [6.45, 7) is 0.0647. The number of aliphatic hydroxyl groups excluding tert-OH is 1. The summed E-state index contributed by atoms with van der Waals surface area (Å²) < 4.78 is 4.42. The molecule has 0 spiro atoms. The van der Waals surface area contributed by atoms with Gasteiger partial charge in [0.15, 0.2) is 6.10 Å². The zero-order valence-electron chi connectivity index (χ0n) is 10.8. The average Bonchev–Trinajstić information content (AvgIpc) is 2.70. The van der Waals surface area contributed by atoms with E-state index < -0.39 is 12.1 Å². The van der Waals surface area contributed by atoms with Crippen LogP contribution in [0, 0.1) is 0 Å². The molecule has 1 aromatic carbocycles. The molecule has 1 aromatic rings. The van der Waals surface area contributed by atoms with Gasteiger partial charge in [-0.25, -0.2) is 4.79 Å². The van der Waals surface area contributed by atoms with Crippen LogP contribution < -0.4 is 10.2 Å². The topological polar surface area (TPSA) is 78.9 Å². The van der Waals surface area contributed by atoms with Gasteiger partial charge >= 0.3 is 5.97 Å². The van der Waals surface area contributed by atoms with E-state index in [2.05, 4.69) is 10.1 Å². The fourth-order valence-corrected chi connectivity index (χ4v) is 2.01. The molecule has 1 heterocycles. The third kappa shape index (κ3) is 2.68. The molecule has 6 nitrogen and oxygen atoms in total. The molecule has 0 bridgehead atoms. The second-order valence-corrected chi connectivity index (χ2v) is 4.39. The summed E-state index contributed by atoms with van der Waals surface area (Å²) in [6, 6.07) is 5.49. The standard InChI is InChI=1S/C13H16N2O4/c1-15-10-4-3-9(5-8(10)6-12(15)17)14-7-11(16)13(18)19-2/h3-5,11,14,16H,6-7H2,1-2H3. The number of amides is 1. The highest BCUT2D eigenvalue weighted by Gasteiger charge is 2.24. The van der Waals surface area contributed by atoms with E-state index in [1.807, 2.05) is 12.1 Å². The van der Waals surface area contributed by atoms with Crippen LogP contribution >= 0.6 is 0 Å². The maximum atomic E-state index is 11.5. The van der Waals surface area contributed by atoms with Crippen LogP contribution in [0.3, 0.4) is 0 Å². The van der Waals surface area contributed by atoms with E-state index in [4.69, 9.17) is 0 Å². The molecule has 0 aliphatic carbocycles. The highest BCUT2D eigenvalue weighted by atomic mass is 16.5. The number of hydrogen-bond donors (Lipinski definition) is 2. The molecule has 102 valence electrons. The fraction of sp³-hybridized carbons (Fsp3) is 0.385. The molecule has 2 rings (SSSR count). The number of aliphatic hydroxyl groups is 1. The zero-order chi connectivity index (χ0) is 14.0. The third-order valence-corrected chi connectivity index (χ3v) is 3.13. The van der Waals surface area contributed by atoms with Crippen LogP contribution in [-0.2, 0) is 20.7 Å². The van der Waals surface area contributed by atoms with E-state index in [1.54, 1.807) is 18.0 Å². The number of anilines is 2. The minimum atomic E-state index is -1.21. The predicted molar refractivity (Wildman–Crippen MR) is 70.1 cm³/mol. The molecule has 6 heteroatoms. The van der Waals surface area contributed by atoms with Gasteiger partial charge in [-0.1, -0.05) is 0 Å². The quantitative estimate of drug-likeness (QED) is 0.757. The van der Waals surface area contributed by atoms with Crippen molar-refractivity contribution < 1.29 is 19.4 Å². The molecule has 0 fully saturated rings. The maximum Gasteiger partial charge on any atom is 0.336 e. The van der Waals surface area contributed by atoms with Gasteiger partial charge < -0.3 is 20.1 Å². The highest BCUT2D eigenvalue weighted by molar-refractivity contribution is 6.01. The second kappa shape index (κ2) is 5.27. The smallest absolute Gasteiger partial charge is 0.336 e. The lowest BCUT2D eigenvalue weighted by atomic mass is 10.1. The van der Waals surface area contributed by atoms with Crippen molar-refractivity contribution >= 4 is 23.3 Å². The van der Waals surface area contributed by atoms with Gasteiger partial charge in [0, 0.05) is 18.4 Å². The number of ether oxygens (including phenoxy) is 1. The normalized spacial score (nSPS) is 15.1. The van der Waals surface area contributed by atoms with Crippen molar-refractivity contribution in [2.45, 2.75) is 12.5 Å². The van der Waals surface area contributed by atoms with E-state index >= 15 is 0 Å². The Bertz CT molecular complexity index is 515. The van der Waals surface area contributed by atoms with Gasteiger partial charge in [0.25, 0.3) is 0 Å². The number of hydrogen-bond acceptors (Lipinski definition) is 5. The van der Waals surface area contributed by atoms with Crippen molar-refractivity contribution in [2.75, 3.05) is 30.9 Å². The second-order valence-electron chi connectivity index (χ2n) is 4.39. The van der Waals surface area contributed by atoms with Crippen LogP contribution in [0.25, 0.3) is 0 Å². The fourth-order valence-electron chi connectivity index (χ4n) is 2.01. The Balaban J connectivity index is 2.02. The van der Waals surface area contributed by atoms with Crippen molar-refractivity contribution in [3.05, 3.63) is 23.8 Å². The van der Waals surface area contributed by atoms with Crippen molar-refractivity contribution in [3.8, 4) is 0 Å². The van der Waals surface area contributed by atoms with Crippen LogP contribution in [0.2, 0.25) is 0 Å². The van der Waals surface area contributed by atoms with Crippen molar-refractivity contribution in [1.29, 1.82) is 0 Å². The van der Waals surface area contributed by atoms with Gasteiger partial charge in [-0.2, -0.15) is 0 Å². The SMILES string of the molecule is COC(=O)C(O)CNc1ccc2c(c1)CC(=O)N2C. The van der Waals surface area contributed by atoms with Gasteiger partial charge in [-0.05, 0) is 23.8 Å². The molecule has 19 heavy (non-hydrogen) atoms. The van der Waals surface area contributed by atoms with E-state index in [1.165, 1.54) is 7.11 Å². The number of carbonyl (C=O) groups excluding carboxylic acids is 2. The number of carbonyl (C=O) groups is 2. The van der Waals surface area contributed by atoms with Crippen LogP contribution in [0.1, 0.15) is 5.56 Å². The molecule has 0 radical (unpaired) electrons. The molecule has 1 aliphatic rings.